The molecular weight excluding hydrogens is 357 g/mol. The first-order valence-electron chi connectivity index (χ1n) is 7.84. The molecule has 1 heterocycles. The number of aromatic nitrogens is 2. The summed E-state index contributed by atoms with van der Waals surface area (Å²) in [5.41, 5.74) is 1.59. The molecule has 1 N–H and O–H groups in total. The van der Waals surface area contributed by atoms with Crippen LogP contribution in [0.5, 0.6) is 5.75 Å². The van der Waals surface area contributed by atoms with Crippen LogP contribution in [-0.2, 0) is 16.6 Å². The molecule has 8 heteroatoms. The Morgan fingerprint density at radius 3 is 2.65 bits per heavy atom. The molecule has 0 amide bonds. The number of aryl methyl sites for hydroxylation is 1. The number of hydrogen-bond donors (Lipinski definition) is 1. The minimum Gasteiger partial charge on any atom is -0.494 e. The van der Waals surface area contributed by atoms with E-state index in [0.717, 1.165) is 23.1 Å². The summed E-state index contributed by atoms with van der Waals surface area (Å²) in [6.07, 6.45) is 3.48. The zero-order valence-electron chi connectivity index (χ0n) is 14.3. The molecule has 0 saturated heterocycles. The number of para-hydroxylation sites is 1. The van der Waals surface area contributed by atoms with Gasteiger partial charge in [0.2, 0.25) is 10.0 Å². The zero-order chi connectivity index (χ0) is 18.7. The van der Waals surface area contributed by atoms with Gasteiger partial charge in [-0.05, 0) is 36.8 Å². The molecule has 136 valence electrons. The van der Waals surface area contributed by atoms with E-state index in [1.807, 2.05) is 42.0 Å². The maximum Gasteiger partial charge on any atom is 0.240 e. The molecule has 2 aromatic carbocycles. The number of benzene rings is 2. The van der Waals surface area contributed by atoms with Gasteiger partial charge in [0.05, 0.1) is 17.7 Å². The van der Waals surface area contributed by atoms with Gasteiger partial charge < -0.3 is 9.30 Å². The van der Waals surface area contributed by atoms with E-state index < -0.39 is 15.8 Å². The molecule has 0 bridgehead atoms. The van der Waals surface area contributed by atoms with Gasteiger partial charge >= 0.3 is 0 Å². The van der Waals surface area contributed by atoms with Crippen LogP contribution in [0, 0.1) is 12.7 Å². The molecule has 3 aromatic rings. The number of ether oxygens (including phenoxy) is 1. The molecule has 0 atom stereocenters. The lowest BCUT2D eigenvalue weighted by molar-refractivity contribution is 0.385. The summed E-state index contributed by atoms with van der Waals surface area (Å²) in [4.78, 5) is 4.03. The molecule has 6 nitrogen and oxygen atoms in total. The Labute approximate surface area is 151 Å². The quantitative estimate of drug-likeness (QED) is 0.719. The van der Waals surface area contributed by atoms with Gasteiger partial charge in [0.1, 0.15) is 5.82 Å². The van der Waals surface area contributed by atoms with E-state index in [-0.39, 0.29) is 17.2 Å². The lowest BCUT2D eigenvalue weighted by Gasteiger charge is -2.13. The van der Waals surface area contributed by atoms with Crippen LogP contribution >= 0.6 is 0 Å². The first-order valence-corrected chi connectivity index (χ1v) is 9.32. The lowest BCUT2D eigenvalue weighted by atomic mass is 10.2. The van der Waals surface area contributed by atoms with E-state index in [0.29, 0.717) is 0 Å². The van der Waals surface area contributed by atoms with Gasteiger partial charge in [-0.3, -0.25) is 0 Å². The first kappa shape index (κ1) is 18.1. The van der Waals surface area contributed by atoms with Crippen LogP contribution in [0.25, 0.3) is 5.69 Å². The van der Waals surface area contributed by atoms with Crippen LogP contribution in [0.15, 0.2) is 59.8 Å². The van der Waals surface area contributed by atoms with Gasteiger partial charge in [-0.25, -0.2) is 22.5 Å². The third-order valence-electron chi connectivity index (χ3n) is 3.96. The van der Waals surface area contributed by atoms with Gasteiger partial charge in [0.15, 0.2) is 11.6 Å². The second kappa shape index (κ2) is 7.27. The van der Waals surface area contributed by atoms with Gasteiger partial charge in [0.25, 0.3) is 0 Å². The molecule has 0 aliphatic heterocycles. The van der Waals surface area contributed by atoms with Crippen LogP contribution < -0.4 is 9.46 Å². The molecule has 0 aliphatic rings. The fraction of sp³-hybridized carbons (Fsp3) is 0.167. The van der Waals surface area contributed by atoms with Gasteiger partial charge in [0, 0.05) is 18.9 Å². The van der Waals surface area contributed by atoms with Crippen molar-refractivity contribution in [2.24, 2.45) is 0 Å². The minimum absolute atomic E-state index is 0.00937. The molecule has 1 aromatic heterocycles. The maximum atomic E-state index is 13.8. The van der Waals surface area contributed by atoms with Crippen molar-refractivity contribution in [3.63, 3.8) is 0 Å². The highest BCUT2D eigenvalue weighted by Crippen LogP contribution is 2.21. The zero-order valence-corrected chi connectivity index (χ0v) is 15.1. The second-order valence-corrected chi connectivity index (χ2v) is 7.36. The van der Waals surface area contributed by atoms with Crippen LogP contribution in [0.4, 0.5) is 4.39 Å². The number of methoxy groups -OCH3 is 1. The standard InChI is InChI=1S/C18H18FN3O3S/c1-13-20-9-10-22(13)17-6-4-3-5-14(17)12-21-26(23,24)15-7-8-18(25-2)16(19)11-15/h3-11,21H,12H2,1-2H3. The van der Waals surface area contributed by atoms with E-state index in [1.165, 1.54) is 19.2 Å². The van der Waals surface area contributed by atoms with Crippen molar-refractivity contribution in [2.45, 2.75) is 18.4 Å². The highest BCUT2D eigenvalue weighted by molar-refractivity contribution is 7.89. The van der Waals surface area contributed by atoms with Gasteiger partial charge in [-0.15, -0.1) is 0 Å². The van der Waals surface area contributed by atoms with Crippen LogP contribution in [0.3, 0.4) is 0 Å². The minimum atomic E-state index is -3.87. The molecule has 0 fully saturated rings. The monoisotopic (exact) mass is 375 g/mol. The van der Waals surface area contributed by atoms with Crippen molar-refractivity contribution < 1.29 is 17.5 Å². The number of halogens is 1. The van der Waals surface area contributed by atoms with Gasteiger partial charge in [-0.1, -0.05) is 18.2 Å². The Morgan fingerprint density at radius 2 is 2.00 bits per heavy atom. The Balaban J connectivity index is 1.85. The highest BCUT2D eigenvalue weighted by Gasteiger charge is 2.17. The Bertz CT molecular complexity index is 1030. The predicted octanol–water partition coefficient (Wildman–Crippen LogP) is 2.81. The van der Waals surface area contributed by atoms with Crippen molar-refractivity contribution in [3.05, 3.63) is 72.1 Å². The van der Waals surface area contributed by atoms with E-state index in [2.05, 4.69) is 9.71 Å². The van der Waals surface area contributed by atoms with Crippen LogP contribution in [0.2, 0.25) is 0 Å². The van der Waals surface area contributed by atoms with E-state index in [1.54, 1.807) is 6.20 Å². The second-order valence-electron chi connectivity index (χ2n) is 5.59. The van der Waals surface area contributed by atoms with E-state index >= 15 is 0 Å². The molecule has 0 radical (unpaired) electrons. The number of imidazole rings is 1. The third-order valence-corrected chi connectivity index (χ3v) is 5.36. The number of hydrogen-bond acceptors (Lipinski definition) is 4. The summed E-state index contributed by atoms with van der Waals surface area (Å²) in [5, 5.41) is 0. The number of nitrogens with zero attached hydrogens (tertiary/aromatic N) is 2. The lowest BCUT2D eigenvalue weighted by Crippen LogP contribution is -2.24. The molecule has 3 rings (SSSR count). The summed E-state index contributed by atoms with van der Waals surface area (Å²) in [7, 11) is -2.55. The number of sulfonamides is 1. The van der Waals surface area contributed by atoms with Gasteiger partial charge in [-0.2, -0.15) is 0 Å². The molecule has 0 aliphatic carbocycles. The first-order chi connectivity index (χ1) is 12.4. The fourth-order valence-corrected chi connectivity index (χ4v) is 3.62. The molecular formula is C18H18FN3O3S. The molecule has 26 heavy (non-hydrogen) atoms. The summed E-state index contributed by atoms with van der Waals surface area (Å²) >= 11 is 0. The number of rotatable bonds is 6. The molecule has 0 unspecified atom stereocenters. The average Bonchev–Trinajstić information content (AvgIpc) is 3.06. The smallest absolute Gasteiger partial charge is 0.240 e. The highest BCUT2D eigenvalue weighted by atomic mass is 32.2. The molecule has 0 saturated carbocycles. The SMILES string of the molecule is COc1ccc(S(=O)(=O)NCc2ccccc2-n2ccnc2C)cc1F. The van der Waals surface area contributed by atoms with Crippen LogP contribution in [0.1, 0.15) is 11.4 Å². The largest absolute Gasteiger partial charge is 0.494 e. The third kappa shape index (κ3) is 3.61. The summed E-state index contributed by atoms with van der Waals surface area (Å²) in [5.74, 6) is 0.0484. The molecule has 0 spiro atoms. The Kier molecular flexibility index (Phi) is 5.06. The van der Waals surface area contributed by atoms with Crippen molar-refractivity contribution in [1.29, 1.82) is 0 Å². The van der Waals surface area contributed by atoms with Crippen LogP contribution in [-0.4, -0.2) is 25.1 Å². The van der Waals surface area contributed by atoms with E-state index in [4.69, 9.17) is 4.74 Å². The normalized spacial score (nSPS) is 11.5. The summed E-state index contributed by atoms with van der Waals surface area (Å²) in [6.45, 7) is 1.92. The van der Waals surface area contributed by atoms with Crippen molar-refractivity contribution in [1.82, 2.24) is 14.3 Å². The topological polar surface area (TPSA) is 73.2 Å². The Hall–Kier alpha value is -2.71. The van der Waals surface area contributed by atoms with Crippen molar-refractivity contribution >= 4 is 10.0 Å². The maximum absolute atomic E-state index is 13.8. The predicted molar refractivity (Wildman–Crippen MR) is 95.3 cm³/mol. The summed E-state index contributed by atoms with van der Waals surface area (Å²) in [6, 6.07) is 10.9. The summed E-state index contributed by atoms with van der Waals surface area (Å²) < 4.78 is 48.0. The van der Waals surface area contributed by atoms with Crippen molar-refractivity contribution in [2.75, 3.05) is 7.11 Å². The Morgan fingerprint density at radius 1 is 1.23 bits per heavy atom. The fourth-order valence-electron chi connectivity index (χ4n) is 2.60. The number of nitrogens with one attached hydrogen (secondary N) is 1. The van der Waals surface area contributed by atoms with E-state index in [9.17, 15) is 12.8 Å². The average molecular weight is 375 g/mol. The van der Waals surface area contributed by atoms with Crippen molar-refractivity contribution in [3.8, 4) is 11.4 Å².